The van der Waals surface area contributed by atoms with Crippen molar-refractivity contribution in [2.75, 3.05) is 13.2 Å². The molecule has 0 aromatic carbocycles. The Balaban J connectivity index is 1.88. The number of aliphatic hydroxyl groups is 1. The molecular formula is C12H18ClNO2. The van der Waals surface area contributed by atoms with Crippen molar-refractivity contribution in [1.82, 2.24) is 4.90 Å². The van der Waals surface area contributed by atoms with Gasteiger partial charge in [0.1, 0.15) is 5.76 Å². The van der Waals surface area contributed by atoms with Crippen LogP contribution in [0, 0.1) is 0 Å². The normalized spacial score (nSPS) is 21.8. The Bertz CT molecular complexity index is 327. The Morgan fingerprint density at radius 1 is 1.50 bits per heavy atom. The highest BCUT2D eigenvalue weighted by Gasteiger charge is 2.24. The minimum absolute atomic E-state index is 0.289. The molecule has 4 heteroatoms. The standard InChI is InChI=1S/C12H18ClNO2/c13-12-6-5-11(16-12)9-14-7-1-3-10(14)4-2-8-15/h5-6,10,15H,1-4,7-9H2. The zero-order chi connectivity index (χ0) is 11.4. The summed E-state index contributed by atoms with van der Waals surface area (Å²) in [6.07, 6.45) is 4.43. The average molecular weight is 244 g/mol. The van der Waals surface area contributed by atoms with E-state index in [1.807, 2.05) is 6.07 Å². The molecule has 3 nitrogen and oxygen atoms in total. The van der Waals surface area contributed by atoms with Crippen molar-refractivity contribution in [3.8, 4) is 0 Å². The molecule has 2 heterocycles. The maximum absolute atomic E-state index is 8.85. The van der Waals surface area contributed by atoms with Gasteiger partial charge in [0.15, 0.2) is 5.22 Å². The van der Waals surface area contributed by atoms with Gasteiger partial charge in [0.2, 0.25) is 0 Å². The fraction of sp³-hybridized carbons (Fsp3) is 0.667. The van der Waals surface area contributed by atoms with Gasteiger partial charge in [-0.15, -0.1) is 0 Å². The van der Waals surface area contributed by atoms with Gasteiger partial charge in [-0.1, -0.05) is 0 Å². The maximum atomic E-state index is 8.85. The first kappa shape index (κ1) is 12.0. The van der Waals surface area contributed by atoms with Gasteiger partial charge in [-0.05, 0) is 56.0 Å². The topological polar surface area (TPSA) is 36.6 Å². The minimum atomic E-state index is 0.289. The second-order valence-electron chi connectivity index (χ2n) is 4.34. The van der Waals surface area contributed by atoms with E-state index in [1.165, 1.54) is 12.8 Å². The van der Waals surface area contributed by atoms with Crippen LogP contribution in [0.15, 0.2) is 16.5 Å². The highest BCUT2D eigenvalue weighted by molar-refractivity contribution is 6.28. The first-order valence-corrected chi connectivity index (χ1v) is 6.26. The third kappa shape index (κ3) is 3.00. The van der Waals surface area contributed by atoms with Crippen LogP contribution < -0.4 is 0 Å². The summed E-state index contributed by atoms with van der Waals surface area (Å²) >= 11 is 5.75. The second-order valence-corrected chi connectivity index (χ2v) is 4.71. The van der Waals surface area contributed by atoms with Gasteiger partial charge in [-0.2, -0.15) is 0 Å². The quantitative estimate of drug-likeness (QED) is 0.864. The molecule has 1 aliphatic heterocycles. The van der Waals surface area contributed by atoms with Crippen molar-refractivity contribution >= 4 is 11.6 Å². The molecule has 16 heavy (non-hydrogen) atoms. The molecule has 1 atom stereocenters. The Labute approximate surface area is 101 Å². The van der Waals surface area contributed by atoms with E-state index in [0.29, 0.717) is 11.3 Å². The molecule has 1 aromatic rings. The minimum Gasteiger partial charge on any atom is -0.448 e. The van der Waals surface area contributed by atoms with Gasteiger partial charge in [0.05, 0.1) is 6.54 Å². The van der Waals surface area contributed by atoms with Crippen LogP contribution in [0.1, 0.15) is 31.4 Å². The van der Waals surface area contributed by atoms with Crippen LogP contribution in [0.2, 0.25) is 5.22 Å². The van der Waals surface area contributed by atoms with E-state index in [4.69, 9.17) is 21.1 Å². The molecule has 0 aliphatic carbocycles. The van der Waals surface area contributed by atoms with Crippen molar-refractivity contribution in [1.29, 1.82) is 0 Å². The monoisotopic (exact) mass is 243 g/mol. The number of aliphatic hydroxyl groups excluding tert-OH is 1. The summed E-state index contributed by atoms with van der Waals surface area (Å²) in [6.45, 7) is 2.24. The smallest absolute Gasteiger partial charge is 0.193 e. The van der Waals surface area contributed by atoms with Crippen LogP contribution in [-0.4, -0.2) is 29.2 Å². The molecule has 1 unspecified atom stereocenters. The summed E-state index contributed by atoms with van der Waals surface area (Å²) < 4.78 is 5.37. The zero-order valence-electron chi connectivity index (χ0n) is 9.36. The Morgan fingerprint density at radius 2 is 2.38 bits per heavy atom. The number of hydrogen-bond donors (Lipinski definition) is 1. The van der Waals surface area contributed by atoms with Crippen LogP contribution in [0.25, 0.3) is 0 Å². The predicted molar refractivity (Wildman–Crippen MR) is 63.5 cm³/mol. The van der Waals surface area contributed by atoms with Crippen LogP contribution >= 0.6 is 11.6 Å². The fourth-order valence-corrected chi connectivity index (χ4v) is 2.56. The molecular weight excluding hydrogens is 226 g/mol. The molecule has 1 aromatic heterocycles. The van der Waals surface area contributed by atoms with E-state index in [9.17, 15) is 0 Å². The van der Waals surface area contributed by atoms with Gasteiger partial charge in [-0.25, -0.2) is 0 Å². The largest absolute Gasteiger partial charge is 0.448 e. The molecule has 1 N–H and O–H groups in total. The van der Waals surface area contributed by atoms with Crippen LogP contribution in [0.4, 0.5) is 0 Å². The number of hydrogen-bond acceptors (Lipinski definition) is 3. The molecule has 0 bridgehead atoms. The molecule has 0 spiro atoms. The Kier molecular flexibility index (Phi) is 4.27. The van der Waals surface area contributed by atoms with E-state index in [2.05, 4.69) is 4.90 Å². The van der Waals surface area contributed by atoms with Crippen molar-refractivity contribution in [3.05, 3.63) is 23.1 Å². The van der Waals surface area contributed by atoms with Crippen molar-refractivity contribution in [2.45, 2.75) is 38.3 Å². The van der Waals surface area contributed by atoms with Crippen LogP contribution in [0.3, 0.4) is 0 Å². The molecule has 2 rings (SSSR count). The van der Waals surface area contributed by atoms with Gasteiger partial charge in [0, 0.05) is 12.6 Å². The van der Waals surface area contributed by atoms with Crippen LogP contribution in [-0.2, 0) is 6.54 Å². The lowest BCUT2D eigenvalue weighted by Gasteiger charge is -2.23. The number of nitrogens with zero attached hydrogens (tertiary/aromatic N) is 1. The summed E-state index contributed by atoms with van der Waals surface area (Å²) in [4.78, 5) is 2.42. The fourth-order valence-electron chi connectivity index (χ4n) is 2.39. The van der Waals surface area contributed by atoms with Gasteiger partial charge < -0.3 is 9.52 Å². The first-order valence-electron chi connectivity index (χ1n) is 5.88. The lowest BCUT2D eigenvalue weighted by atomic mass is 10.1. The number of halogens is 1. The van der Waals surface area contributed by atoms with Crippen molar-refractivity contribution in [3.63, 3.8) is 0 Å². The number of rotatable bonds is 5. The van der Waals surface area contributed by atoms with E-state index in [1.54, 1.807) is 6.07 Å². The number of likely N-dealkylation sites (tertiary alicyclic amines) is 1. The van der Waals surface area contributed by atoms with Gasteiger partial charge in [-0.3, -0.25) is 4.90 Å². The van der Waals surface area contributed by atoms with Crippen LogP contribution in [0.5, 0.6) is 0 Å². The zero-order valence-corrected chi connectivity index (χ0v) is 10.1. The SMILES string of the molecule is OCCCC1CCCN1Cc1ccc(Cl)o1. The highest BCUT2D eigenvalue weighted by atomic mass is 35.5. The summed E-state index contributed by atoms with van der Waals surface area (Å²) in [6, 6.07) is 4.32. The summed E-state index contributed by atoms with van der Waals surface area (Å²) in [5.74, 6) is 0.931. The molecule has 1 saturated heterocycles. The molecule has 0 radical (unpaired) electrons. The molecule has 0 saturated carbocycles. The molecule has 1 fully saturated rings. The third-order valence-electron chi connectivity index (χ3n) is 3.18. The van der Waals surface area contributed by atoms with E-state index < -0.39 is 0 Å². The molecule has 0 amide bonds. The van der Waals surface area contributed by atoms with E-state index in [-0.39, 0.29) is 6.61 Å². The van der Waals surface area contributed by atoms with Crippen molar-refractivity contribution in [2.24, 2.45) is 0 Å². The lowest BCUT2D eigenvalue weighted by Crippen LogP contribution is -2.28. The Hall–Kier alpha value is -0.510. The van der Waals surface area contributed by atoms with E-state index in [0.717, 1.165) is 31.7 Å². The van der Waals surface area contributed by atoms with Crippen molar-refractivity contribution < 1.29 is 9.52 Å². The third-order valence-corrected chi connectivity index (χ3v) is 3.39. The summed E-state index contributed by atoms with van der Waals surface area (Å²) in [7, 11) is 0. The molecule has 90 valence electrons. The summed E-state index contributed by atoms with van der Waals surface area (Å²) in [5, 5.41) is 9.31. The van der Waals surface area contributed by atoms with E-state index >= 15 is 0 Å². The Morgan fingerprint density at radius 3 is 3.06 bits per heavy atom. The van der Waals surface area contributed by atoms with Gasteiger partial charge >= 0.3 is 0 Å². The predicted octanol–water partition coefficient (Wildman–Crippen LogP) is 2.67. The maximum Gasteiger partial charge on any atom is 0.193 e. The number of furan rings is 1. The second kappa shape index (κ2) is 5.71. The lowest BCUT2D eigenvalue weighted by molar-refractivity contribution is 0.198. The summed E-state index contributed by atoms with van der Waals surface area (Å²) in [5.41, 5.74) is 0. The average Bonchev–Trinajstić information content (AvgIpc) is 2.86. The van der Waals surface area contributed by atoms with Gasteiger partial charge in [0.25, 0.3) is 0 Å². The first-order chi connectivity index (χ1) is 7.79. The molecule has 1 aliphatic rings. The highest BCUT2D eigenvalue weighted by Crippen LogP contribution is 2.24.